The first-order valence-electron chi connectivity index (χ1n) is 3.80. The van der Waals surface area contributed by atoms with Crippen molar-refractivity contribution in [2.45, 2.75) is 32.6 Å². The first kappa shape index (κ1) is 6.68. The number of rotatable bonds is 0. The lowest BCUT2D eigenvalue weighted by Gasteiger charge is -2.23. The molecule has 0 heterocycles. The fraction of sp³-hybridized carbons (Fsp3) is 0.778. The Bertz CT molecular complexity index is 118. The summed E-state index contributed by atoms with van der Waals surface area (Å²) in [5, 5.41) is 0. The van der Waals surface area contributed by atoms with E-state index in [4.69, 9.17) is 6.42 Å². The third-order valence-electron chi connectivity index (χ3n) is 2.33. The lowest BCUT2D eigenvalue weighted by molar-refractivity contribution is 0.316. The van der Waals surface area contributed by atoms with Gasteiger partial charge in [0.15, 0.2) is 0 Å². The predicted molar refractivity (Wildman–Crippen MR) is 40.0 cm³/mol. The van der Waals surface area contributed by atoms with E-state index in [-0.39, 0.29) is 0 Å². The molecule has 1 unspecified atom stereocenters. The SMILES string of the molecule is C#C[C@H]1CCCCC1C. The molecule has 0 heteroatoms. The summed E-state index contributed by atoms with van der Waals surface area (Å²) in [5.41, 5.74) is 0. The Morgan fingerprint density at radius 1 is 1.33 bits per heavy atom. The highest BCUT2D eigenvalue weighted by Gasteiger charge is 2.18. The fourth-order valence-corrected chi connectivity index (χ4v) is 1.56. The second-order valence-corrected chi connectivity index (χ2v) is 3.03. The molecule has 0 nitrogen and oxygen atoms in total. The third kappa shape index (κ3) is 1.48. The topological polar surface area (TPSA) is 0 Å². The maximum absolute atomic E-state index is 5.34. The number of hydrogen-bond donors (Lipinski definition) is 0. The molecule has 0 aliphatic heterocycles. The summed E-state index contributed by atoms with van der Waals surface area (Å²) in [4.78, 5) is 0. The molecule has 1 aliphatic rings. The van der Waals surface area contributed by atoms with E-state index in [2.05, 4.69) is 12.8 Å². The molecule has 2 atom stereocenters. The molecule has 0 amide bonds. The van der Waals surface area contributed by atoms with E-state index in [1.165, 1.54) is 25.7 Å². The van der Waals surface area contributed by atoms with Crippen molar-refractivity contribution < 1.29 is 0 Å². The van der Waals surface area contributed by atoms with Crippen molar-refractivity contribution in [1.29, 1.82) is 0 Å². The Morgan fingerprint density at radius 3 is 2.44 bits per heavy atom. The van der Waals surface area contributed by atoms with Gasteiger partial charge in [0.05, 0.1) is 0 Å². The van der Waals surface area contributed by atoms with Crippen LogP contribution in [0.2, 0.25) is 0 Å². The van der Waals surface area contributed by atoms with Gasteiger partial charge >= 0.3 is 0 Å². The van der Waals surface area contributed by atoms with E-state index in [1.54, 1.807) is 0 Å². The van der Waals surface area contributed by atoms with Gasteiger partial charge in [-0.05, 0) is 18.8 Å². The van der Waals surface area contributed by atoms with Crippen LogP contribution in [0.1, 0.15) is 32.6 Å². The van der Waals surface area contributed by atoms with E-state index in [0.29, 0.717) is 5.92 Å². The summed E-state index contributed by atoms with van der Waals surface area (Å²) in [6, 6.07) is 0. The highest BCUT2D eigenvalue weighted by molar-refractivity contribution is 4.96. The second-order valence-electron chi connectivity index (χ2n) is 3.03. The van der Waals surface area contributed by atoms with Crippen LogP contribution in [0.4, 0.5) is 0 Å². The van der Waals surface area contributed by atoms with Crippen molar-refractivity contribution in [2.24, 2.45) is 11.8 Å². The minimum absolute atomic E-state index is 0.582. The van der Waals surface area contributed by atoms with Crippen molar-refractivity contribution in [3.8, 4) is 12.3 Å². The van der Waals surface area contributed by atoms with Gasteiger partial charge in [-0.1, -0.05) is 19.8 Å². The predicted octanol–water partition coefficient (Wildman–Crippen LogP) is 2.45. The summed E-state index contributed by atoms with van der Waals surface area (Å²) < 4.78 is 0. The van der Waals surface area contributed by atoms with Crippen molar-refractivity contribution >= 4 is 0 Å². The van der Waals surface area contributed by atoms with Gasteiger partial charge in [0, 0.05) is 5.92 Å². The minimum Gasteiger partial charge on any atom is -0.120 e. The van der Waals surface area contributed by atoms with Gasteiger partial charge < -0.3 is 0 Å². The zero-order chi connectivity index (χ0) is 6.69. The average molecular weight is 122 g/mol. The van der Waals surface area contributed by atoms with Gasteiger partial charge in [-0.2, -0.15) is 0 Å². The van der Waals surface area contributed by atoms with Gasteiger partial charge in [0.2, 0.25) is 0 Å². The maximum atomic E-state index is 5.34. The van der Waals surface area contributed by atoms with Crippen molar-refractivity contribution in [3.63, 3.8) is 0 Å². The Morgan fingerprint density at radius 2 is 2.00 bits per heavy atom. The third-order valence-corrected chi connectivity index (χ3v) is 2.33. The molecule has 0 aromatic carbocycles. The molecule has 0 spiro atoms. The van der Waals surface area contributed by atoms with E-state index in [0.717, 1.165) is 5.92 Å². The van der Waals surface area contributed by atoms with Crippen LogP contribution in [0.5, 0.6) is 0 Å². The maximum Gasteiger partial charge on any atom is 0.0225 e. The van der Waals surface area contributed by atoms with Crippen LogP contribution < -0.4 is 0 Å². The van der Waals surface area contributed by atoms with Crippen LogP contribution >= 0.6 is 0 Å². The van der Waals surface area contributed by atoms with Crippen LogP contribution in [-0.2, 0) is 0 Å². The summed E-state index contributed by atoms with van der Waals surface area (Å²) in [5.74, 6) is 4.22. The summed E-state index contributed by atoms with van der Waals surface area (Å²) in [6.45, 7) is 2.27. The molecular formula is C9H14. The van der Waals surface area contributed by atoms with Crippen molar-refractivity contribution in [2.75, 3.05) is 0 Å². The smallest absolute Gasteiger partial charge is 0.0225 e. The molecule has 0 aromatic rings. The van der Waals surface area contributed by atoms with Gasteiger partial charge in [-0.25, -0.2) is 0 Å². The first-order valence-corrected chi connectivity index (χ1v) is 3.80. The molecule has 1 rings (SSSR count). The molecule has 0 radical (unpaired) electrons. The lowest BCUT2D eigenvalue weighted by Crippen LogP contribution is -2.14. The second kappa shape index (κ2) is 2.92. The van der Waals surface area contributed by atoms with Gasteiger partial charge in [0.1, 0.15) is 0 Å². The quantitative estimate of drug-likeness (QED) is 0.433. The van der Waals surface area contributed by atoms with Crippen LogP contribution in [-0.4, -0.2) is 0 Å². The lowest BCUT2D eigenvalue weighted by atomic mass is 9.81. The Hall–Kier alpha value is -0.440. The van der Waals surface area contributed by atoms with Gasteiger partial charge in [0.25, 0.3) is 0 Å². The van der Waals surface area contributed by atoms with Crippen LogP contribution in [0.3, 0.4) is 0 Å². The van der Waals surface area contributed by atoms with E-state index < -0.39 is 0 Å². The highest BCUT2D eigenvalue weighted by atomic mass is 14.2. The highest BCUT2D eigenvalue weighted by Crippen LogP contribution is 2.28. The summed E-state index contributed by atoms with van der Waals surface area (Å²) in [6.07, 6.45) is 10.7. The normalized spacial score (nSPS) is 35.6. The Balaban J connectivity index is 2.41. The molecule has 50 valence electrons. The van der Waals surface area contributed by atoms with E-state index in [1.807, 2.05) is 0 Å². The Labute approximate surface area is 57.7 Å². The molecule has 1 fully saturated rings. The van der Waals surface area contributed by atoms with Gasteiger partial charge in [-0.3, -0.25) is 0 Å². The molecule has 0 bridgehead atoms. The zero-order valence-electron chi connectivity index (χ0n) is 6.06. The largest absolute Gasteiger partial charge is 0.120 e. The fourth-order valence-electron chi connectivity index (χ4n) is 1.56. The van der Waals surface area contributed by atoms with Crippen LogP contribution in [0, 0.1) is 24.2 Å². The molecule has 0 aromatic heterocycles. The number of hydrogen-bond acceptors (Lipinski definition) is 0. The molecule has 1 saturated carbocycles. The summed E-state index contributed by atoms with van der Waals surface area (Å²) >= 11 is 0. The zero-order valence-corrected chi connectivity index (χ0v) is 6.06. The molecule has 1 aliphatic carbocycles. The molecular weight excluding hydrogens is 108 g/mol. The van der Waals surface area contributed by atoms with E-state index in [9.17, 15) is 0 Å². The monoisotopic (exact) mass is 122 g/mol. The first-order chi connectivity index (χ1) is 4.34. The van der Waals surface area contributed by atoms with Crippen molar-refractivity contribution in [1.82, 2.24) is 0 Å². The molecule has 0 saturated heterocycles. The van der Waals surface area contributed by atoms with E-state index >= 15 is 0 Å². The molecule has 0 N–H and O–H groups in total. The average Bonchev–Trinajstić information content (AvgIpc) is 1.89. The van der Waals surface area contributed by atoms with Crippen LogP contribution in [0.15, 0.2) is 0 Å². The Kier molecular flexibility index (Phi) is 2.16. The van der Waals surface area contributed by atoms with Crippen LogP contribution in [0.25, 0.3) is 0 Å². The standard InChI is InChI=1S/C9H14/c1-3-9-7-5-4-6-8(9)2/h1,8-9H,4-7H2,2H3/t8?,9-/m0/s1. The summed E-state index contributed by atoms with van der Waals surface area (Å²) in [7, 11) is 0. The van der Waals surface area contributed by atoms with Gasteiger partial charge in [-0.15, -0.1) is 12.3 Å². The minimum atomic E-state index is 0.582. The number of terminal acetylenes is 1. The van der Waals surface area contributed by atoms with Crippen molar-refractivity contribution in [3.05, 3.63) is 0 Å². The molecule has 9 heavy (non-hydrogen) atoms.